The Morgan fingerprint density at radius 1 is 0.730 bits per heavy atom. The van der Waals surface area contributed by atoms with Crippen LogP contribution in [0.1, 0.15) is 141 Å². The Balaban J connectivity index is 0.605. The van der Waals surface area contributed by atoms with Gasteiger partial charge in [0.2, 0.25) is 35.4 Å². The van der Waals surface area contributed by atoms with E-state index in [-0.39, 0.29) is 115 Å². The van der Waals surface area contributed by atoms with Gasteiger partial charge in [-0.3, -0.25) is 33.6 Å². The quantitative estimate of drug-likeness (QED) is 0.0147. The minimum Gasteiger partial charge on any atom is -0.458 e. The van der Waals surface area contributed by atoms with E-state index in [4.69, 9.17) is 68.6 Å². The molecule has 1 unspecified atom stereocenters. The summed E-state index contributed by atoms with van der Waals surface area (Å²) in [5, 5.41) is 42.2. The molecule has 0 spiro atoms. The third-order valence-electron chi connectivity index (χ3n) is 19.7. The second-order valence-corrected chi connectivity index (χ2v) is 28.2. The van der Waals surface area contributed by atoms with Crippen LogP contribution in [0.4, 0.5) is 19.7 Å². The molecule has 0 saturated carbocycles. The molecule has 13 N–H and O–H groups in total. The normalized spacial score (nSPS) is 16.5. The van der Waals surface area contributed by atoms with Crippen LogP contribution >= 0.6 is 0 Å². The van der Waals surface area contributed by atoms with Crippen LogP contribution in [0.3, 0.4) is 0 Å². The monoisotopic (exact) mass is 1610 g/mol. The largest absolute Gasteiger partial charge is 0.458 e. The molecule has 5 heterocycles. The predicted octanol–water partition coefficient (Wildman–Crippen LogP) is 1.71. The van der Waals surface area contributed by atoms with Crippen LogP contribution in [0.15, 0.2) is 41.2 Å². The number of aryl methyl sites for hydroxylation is 1. The summed E-state index contributed by atoms with van der Waals surface area (Å²) >= 11 is 0. The number of cyclic esters (lactones) is 1. The van der Waals surface area contributed by atoms with Crippen molar-refractivity contribution in [2.24, 2.45) is 17.4 Å². The minimum absolute atomic E-state index is 0.0355. The molecule has 0 saturated heterocycles. The standard InChI is InChI=1S/C77H108FN15O22/c1-5-77(104)54-38-60-69-52(41-92(60)73(100)53(54)43-114-74(77)101)67-56(18-17-51-48(4)55(78)39-58(87-69)66(51)67)86-65(97)44-112-46-84-63(95)40-83-76(103)115-42-49-13-15-50(16-14-49)85-71(98)57(10-9-21-82-75(80)102)88-72(99)68(47(2)3)89-62(94)19-24-105-28-32-109-36-37-111-34-30-107-26-22-81-64(96)45-113-61-12-8-6-7-11-59-70(61)90-91-93(59)23-27-108-31-35-110-33-29-106-25-20-79/h13-16,38-39,47,56-57,61,68,104H,5-12,17-37,40-46,79H2,1-4H3,(H,81,96)(H,83,103)(H,84,95)(H,85,98)(H,86,97)(H,88,99)(H,89,94)(H3,80,82,102)/t56-,57-,61?,68-,77-/m0/s1. The van der Waals surface area contributed by atoms with Gasteiger partial charge in [-0.25, -0.2) is 28.4 Å². The van der Waals surface area contributed by atoms with E-state index in [1.54, 1.807) is 58.0 Å². The van der Waals surface area contributed by atoms with Crippen molar-refractivity contribution in [3.05, 3.63) is 103 Å². The van der Waals surface area contributed by atoms with E-state index in [2.05, 4.69) is 52.8 Å². The topological polar surface area (TPSA) is 489 Å². The van der Waals surface area contributed by atoms with E-state index in [0.717, 1.165) is 49.1 Å². The Bertz CT molecular complexity index is 4200. The first kappa shape index (κ1) is 89.2. The van der Waals surface area contributed by atoms with E-state index < -0.39 is 109 Å². The van der Waals surface area contributed by atoms with Gasteiger partial charge in [0.25, 0.3) is 5.56 Å². The Kier molecular flexibility index (Phi) is 35.3. The van der Waals surface area contributed by atoms with Gasteiger partial charge < -0.3 is 116 Å². The molecule has 115 heavy (non-hydrogen) atoms. The lowest BCUT2D eigenvalue weighted by molar-refractivity contribution is -0.172. The fraction of sp³-hybridized carbons (Fsp3) is 0.597. The molecule has 2 aliphatic carbocycles. The first-order valence-electron chi connectivity index (χ1n) is 39.0. The molecule has 0 fully saturated rings. The molecule has 2 aromatic carbocycles. The summed E-state index contributed by atoms with van der Waals surface area (Å²) in [7, 11) is 0. The number of aromatic nitrogens is 5. The lowest BCUT2D eigenvalue weighted by atomic mass is 9.81. The number of halogens is 1. The highest BCUT2D eigenvalue weighted by atomic mass is 19.1. The van der Waals surface area contributed by atoms with Crippen LogP contribution < -0.4 is 59.6 Å². The number of hydrogen-bond donors (Lipinski definition) is 11. The number of alkyl carbamates (subject to hydrolysis) is 1. The number of esters is 1. The first-order valence-corrected chi connectivity index (χ1v) is 39.0. The van der Waals surface area contributed by atoms with Crippen molar-refractivity contribution in [1.82, 2.24) is 61.8 Å². The van der Waals surface area contributed by atoms with Gasteiger partial charge in [-0.15, -0.1) is 5.10 Å². The molecule has 9 amide bonds. The number of carbonyl (C=O) groups is 9. The maximum Gasteiger partial charge on any atom is 0.407 e. The lowest BCUT2D eigenvalue weighted by Gasteiger charge is -2.31. The van der Waals surface area contributed by atoms with Crippen molar-refractivity contribution in [2.45, 2.75) is 154 Å². The molecule has 0 radical (unpaired) electrons. The van der Waals surface area contributed by atoms with Gasteiger partial charge >= 0.3 is 18.1 Å². The number of primary amides is 1. The molecule has 37 nitrogen and oxygen atoms in total. The number of nitrogens with two attached hydrogens (primary N) is 2. The van der Waals surface area contributed by atoms with Crippen molar-refractivity contribution < 1.29 is 105 Å². The smallest absolute Gasteiger partial charge is 0.407 e. The third kappa shape index (κ3) is 25.9. The van der Waals surface area contributed by atoms with E-state index in [1.807, 2.05) is 4.68 Å². The highest BCUT2D eigenvalue weighted by Crippen LogP contribution is 2.46. The SMILES string of the molecule is CC[C@@]1(O)C(=O)OCc2c1cc1n(c2=O)Cc2c-1nc1cc(F)c(C)c3c1c2[C@@H](NC(=O)COCNC(=O)CNC(=O)OCc1ccc(NC(=O)[C@H](CCCNC(N)=O)NC(=O)[C@@H](NC(=O)CCOCCOCCOCCOCCNC(=O)COC2CCCCCc4c2nnn4CCOCCOCCOCCN)C(C)C)cc1)CC3. The summed E-state index contributed by atoms with van der Waals surface area (Å²) in [6.45, 7) is 10.9. The molecular formula is C77H108FN15O22. The van der Waals surface area contributed by atoms with E-state index in [9.17, 15) is 53.1 Å². The van der Waals surface area contributed by atoms with Crippen molar-refractivity contribution in [2.75, 3.05) is 144 Å². The van der Waals surface area contributed by atoms with Crippen molar-refractivity contribution in [3.8, 4) is 11.4 Å². The van der Waals surface area contributed by atoms with E-state index in [1.165, 1.54) is 10.6 Å². The molecular weight excluding hydrogens is 1510 g/mol. The number of carbonyl (C=O) groups excluding carboxylic acids is 9. The molecule has 5 atom stereocenters. The van der Waals surface area contributed by atoms with Gasteiger partial charge in [0.1, 0.15) is 69.4 Å². The maximum atomic E-state index is 15.4. The number of urea groups is 1. The summed E-state index contributed by atoms with van der Waals surface area (Å²) in [5.74, 6) is -4.92. The fourth-order valence-electron chi connectivity index (χ4n) is 13.7. The predicted molar refractivity (Wildman–Crippen MR) is 409 cm³/mol. The van der Waals surface area contributed by atoms with E-state index >= 15 is 4.39 Å². The number of anilines is 1. The van der Waals surface area contributed by atoms with Crippen LogP contribution in [0.2, 0.25) is 0 Å². The molecule has 9 rings (SSSR count). The molecule has 5 aromatic rings. The van der Waals surface area contributed by atoms with Crippen molar-refractivity contribution in [1.29, 1.82) is 0 Å². The Labute approximate surface area is 664 Å². The minimum atomic E-state index is -2.06. The number of aliphatic hydroxyl groups is 1. The van der Waals surface area contributed by atoms with Gasteiger partial charge in [-0.1, -0.05) is 51.0 Å². The second-order valence-electron chi connectivity index (χ2n) is 28.2. The Morgan fingerprint density at radius 3 is 2.12 bits per heavy atom. The van der Waals surface area contributed by atoms with Crippen LogP contribution in [0.25, 0.3) is 22.3 Å². The summed E-state index contributed by atoms with van der Waals surface area (Å²) in [4.78, 5) is 135. The number of amides is 9. The zero-order valence-corrected chi connectivity index (χ0v) is 65.6. The number of fused-ring (bicyclic) bond motifs is 6. The average Bonchev–Trinajstić information content (AvgIpc) is 1.65. The van der Waals surface area contributed by atoms with Crippen LogP contribution in [-0.2, 0) is 130 Å². The highest BCUT2D eigenvalue weighted by molar-refractivity contribution is 5.99. The van der Waals surface area contributed by atoms with E-state index in [0.29, 0.717) is 142 Å². The van der Waals surface area contributed by atoms with Gasteiger partial charge in [0.05, 0.1) is 140 Å². The molecule has 630 valence electrons. The van der Waals surface area contributed by atoms with Gasteiger partial charge in [-0.2, -0.15) is 0 Å². The molecule has 3 aromatic heterocycles. The van der Waals surface area contributed by atoms with Gasteiger partial charge in [0.15, 0.2) is 5.60 Å². The Morgan fingerprint density at radius 2 is 1.43 bits per heavy atom. The van der Waals surface area contributed by atoms with Crippen LogP contribution in [0, 0.1) is 18.7 Å². The number of pyridine rings is 2. The van der Waals surface area contributed by atoms with Crippen LogP contribution in [-0.4, -0.2) is 234 Å². The number of ether oxygens (including phenoxy) is 11. The van der Waals surface area contributed by atoms with Crippen LogP contribution in [0.5, 0.6) is 0 Å². The molecule has 2 aliphatic heterocycles. The number of benzene rings is 2. The highest BCUT2D eigenvalue weighted by Gasteiger charge is 2.46. The summed E-state index contributed by atoms with van der Waals surface area (Å²) < 4.78 is 79.7. The van der Waals surface area contributed by atoms with Crippen molar-refractivity contribution in [3.63, 3.8) is 0 Å². The molecule has 4 aliphatic rings. The zero-order chi connectivity index (χ0) is 82.2. The number of rotatable bonds is 49. The lowest BCUT2D eigenvalue weighted by Crippen LogP contribution is -2.54. The number of hydrogen-bond acceptors (Lipinski definition) is 26. The molecule has 38 heteroatoms. The molecule has 0 bridgehead atoms. The zero-order valence-electron chi connectivity index (χ0n) is 65.6. The second kappa shape index (κ2) is 45.5. The third-order valence-corrected chi connectivity index (χ3v) is 19.7. The van der Waals surface area contributed by atoms with Crippen molar-refractivity contribution >= 4 is 70.1 Å². The van der Waals surface area contributed by atoms with Gasteiger partial charge in [-0.05, 0) is 105 Å². The summed E-state index contributed by atoms with van der Waals surface area (Å²) in [5.41, 5.74) is 14.4. The summed E-state index contributed by atoms with van der Waals surface area (Å²) in [6.07, 6.45) is 4.22. The fourth-order valence-corrected chi connectivity index (χ4v) is 13.7. The first-order chi connectivity index (χ1) is 55.6. The Hall–Kier alpha value is -9.74. The maximum absolute atomic E-state index is 15.4. The summed E-state index contributed by atoms with van der Waals surface area (Å²) in [6, 6.07) is 5.54. The number of nitrogens with one attached hydrogen (secondary N) is 8. The number of nitrogens with zero attached hydrogens (tertiary/aromatic N) is 5. The average molecular weight is 1610 g/mol. The van der Waals surface area contributed by atoms with Gasteiger partial charge in [0, 0.05) is 54.3 Å².